The van der Waals surface area contributed by atoms with E-state index in [-0.39, 0.29) is 18.2 Å². The molecule has 1 heterocycles. The molecule has 6 heteroatoms. The van der Waals surface area contributed by atoms with E-state index in [2.05, 4.69) is 15.6 Å². The van der Waals surface area contributed by atoms with Crippen LogP contribution in [0.4, 0.5) is 10.5 Å². The number of carbonyl (C=O) groups excluding carboxylic acids is 1. The Labute approximate surface area is 98.9 Å². The molecule has 0 aliphatic carbocycles. The molecule has 0 fully saturated rings. The summed E-state index contributed by atoms with van der Waals surface area (Å²) in [6, 6.07) is 8.97. The number of anilines is 1. The van der Waals surface area contributed by atoms with Crippen molar-refractivity contribution in [2.24, 2.45) is 10.7 Å². The van der Waals surface area contributed by atoms with Gasteiger partial charge in [0.2, 0.25) is 0 Å². The molecule has 17 heavy (non-hydrogen) atoms. The molecule has 0 saturated heterocycles. The number of benzene rings is 1. The van der Waals surface area contributed by atoms with E-state index in [1.54, 1.807) is 12.1 Å². The number of carbonyl (C=O) groups is 1. The van der Waals surface area contributed by atoms with Gasteiger partial charge in [-0.15, -0.1) is 0 Å². The van der Waals surface area contributed by atoms with E-state index in [1.807, 2.05) is 18.2 Å². The number of nitrogens with zero attached hydrogens (tertiary/aromatic N) is 1. The van der Waals surface area contributed by atoms with Gasteiger partial charge in [0.05, 0.1) is 6.54 Å². The summed E-state index contributed by atoms with van der Waals surface area (Å²) >= 11 is 0. The van der Waals surface area contributed by atoms with E-state index in [0.717, 1.165) is 0 Å². The molecule has 1 aliphatic heterocycles. The molecule has 90 valence electrons. The first kappa shape index (κ1) is 11.4. The standard InChI is InChI=1S/C11H14N4O2/c12-6-9-7-13-11(17-9)15-10(16)14-8-4-2-1-3-5-8/h1-5,9H,6-7,12H2,(H2,13,14,15,16). The molecule has 0 saturated carbocycles. The summed E-state index contributed by atoms with van der Waals surface area (Å²) < 4.78 is 5.27. The first-order chi connectivity index (χ1) is 8.28. The van der Waals surface area contributed by atoms with Gasteiger partial charge in [-0.3, -0.25) is 5.32 Å². The zero-order chi connectivity index (χ0) is 12.1. The number of hydrogen-bond donors (Lipinski definition) is 3. The molecule has 1 atom stereocenters. The third-order valence-electron chi connectivity index (χ3n) is 2.23. The fraction of sp³-hybridized carbons (Fsp3) is 0.273. The maximum atomic E-state index is 11.5. The second kappa shape index (κ2) is 5.31. The van der Waals surface area contributed by atoms with Gasteiger partial charge in [0, 0.05) is 12.2 Å². The molecular weight excluding hydrogens is 220 g/mol. The maximum Gasteiger partial charge on any atom is 0.327 e. The number of ether oxygens (including phenoxy) is 1. The summed E-state index contributed by atoms with van der Waals surface area (Å²) in [6.45, 7) is 0.867. The molecule has 1 aliphatic rings. The van der Waals surface area contributed by atoms with E-state index in [9.17, 15) is 4.79 Å². The SMILES string of the molecule is NCC1CN=C(NC(=O)Nc2ccccc2)O1. The lowest BCUT2D eigenvalue weighted by Gasteiger charge is -2.09. The fourth-order valence-electron chi connectivity index (χ4n) is 1.39. The van der Waals surface area contributed by atoms with Crippen LogP contribution in [-0.2, 0) is 4.74 Å². The van der Waals surface area contributed by atoms with E-state index < -0.39 is 0 Å². The van der Waals surface area contributed by atoms with Crippen LogP contribution in [0.25, 0.3) is 0 Å². The number of hydrogen-bond acceptors (Lipinski definition) is 4. The largest absolute Gasteiger partial charge is 0.458 e. The Morgan fingerprint density at radius 1 is 1.41 bits per heavy atom. The normalized spacial score (nSPS) is 18.2. The van der Waals surface area contributed by atoms with E-state index in [1.165, 1.54) is 0 Å². The number of nitrogens with two attached hydrogens (primary N) is 1. The van der Waals surface area contributed by atoms with E-state index in [0.29, 0.717) is 18.8 Å². The van der Waals surface area contributed by atoms with Crippen molar-refractivity contribution in [1.82, 2.24) is 5.32 Å². The quantitative estimate of drug-likeness (QED) is 0.697. The Morgan fingerprint density at radius 3 is 2.82 bits per heavy atom. The predicted octanol–water partition coefficient (Wildman–Crippen LogP) is 0.522. The highest BCUT2D eigenvalue weighted by Gasteiger charge is 2.19. The summed E-state index contributed by atoms with van der Waals surface area (Å²) in [5, 5.41) is 5.17. The van der Waals surface area contributed by atoms with Crippen molar-refractivity contribution in [3.05, 3.63) is 30.3 Å². The monoisotopic (exact) mass is 234 g/mol. The van der Waals surface area contributed by atoms with Crippen molar-refractivity contribution in [2.75, 3.05) is 18.4 Å². The number of urea groups is 1. The van der Waals surface area contributed by atoms with Crippen LogP contribution in [0.5, 0.6) is 0 Å². The van der Waals surface area contributed by atoms with Crippen LogP contribution in [0.3, 0.4) is 0 Å². The van der Waals surface area contributed by atoms with Gasteiger partial charge in [0.25, 0.3) is 6.02 Å². The van der Waals surface area contributed by atoms with Crippen molar-refractivity contribution in [2.45, 2.75) is 6.10 Å². The minimum absolute atomic E-state index is 0.137. The summed E-state index contributed by atoms with van der Waals surface area (Å²) in [4.78, 5) is 15.6. The summed E-state index contributed by atoms with van der Waals surface area (Å²) in [5.74, 6) is 0. The lowest BCUT2D eigenvalue weighted by molar-refractivity contribution is 0.220. The third kappa shape index (κ3) is 3.18. The number of nitrogens with one attached hydrogen (secondary N) is 2. The van der Waals surface area contributed by atoms with Crippen molar-refractivity contribution in [3.8, 4) is 0 Å². The number of amides is 2. The Hall–Kier alpha value is -2.08. The van der Waals surface area contributed by atoms with Crippen LogP contribution >= 0.6 is 0 Å². The molecule has 2 rings (SSSR count). The summed E-state index contributed by atoms with van der Waals surface area (Å²) in [7, 11) is 0. The first-order valence-corrected chi connectivity index (χ1v) is 5.32. The minimum atomic E-state index is -0.382. The van der Waals surface area contributed by atoms with E-state index >= 15 is 0 Å². The van der Waals surface area contributed by atoms with Crippen molar-refractivity contribution in [1.29, 1.82) is 0 Å². The topological polar surface area (TPSA) is 88.7 Å². The Bertz CT molecular complexity index is 419. The molecule has 1 aromatic carbocycles. The second-order valence-corrected chi connectivity index (χ2v) is 3.57. The van der Waals surface area contributed by atoms with Gasteiger partial charge in [-0.05, 0) is 12.1 Å². The Morgan fingerprint density at radius 2 is 2.18 bits per heavy atom. The zero-order valence-electron chi connectivity index (χ0n) is 9.22. The van der Waals surface area contributed by atoms with Gasteiger partial charge < -0.3 is 15.8 Å². The third-order valence-corrected chi connectivity index (χ3v) is 2.23. The van der Waals surface area contributed by atoms with E-state index in [4.69, 9.17) is 10.5 Å². The molecule has 1 unspecified atom stereocenters. The average molecular weight is 234 g/mol. The molecule has 4 N–H and O–H groups in total. The van der Waals surface area contributed by atoms with Crippen LogP contribution in [0.2, 0.25) is 0 Å². The number of aliphatic imine (C=N–C) groups is 1. The predicted molar refractivity (Wildman–Crippen MR) is 64.8 cm³/mol. The molecule has 6 nitrogen and oxygen atoms in total. The molecule has 2 amide bonds. The second-order valence-electron chi connectivity index (χ2n) is 3.57. The minimum Gasteiger partial charge on any atom is -0.458 e. The Kier molecular flexibility index (Phi) is 3.56. The highest BCUT2D eigenvalue weighted by molar-refractivity contribution is 6.00. The fourth-order valence-corrected chi connectivity index (χ4v) is 1.39. The lowest BCUT2D eigenvalue weighted by atomic mass is 10.3. The molecule has 0 bridgehead atoms. The molecular formula is C11H14N4O2. The van der Waals surface area contributed by atoms with Crippen molar-refractivity contribution >= 4 is 17.7 Å². The van der Waals surface area contributed by atoms with Crippen LogP contribution < -0.4 is 16.4 Å². The number of para-hydroxylation sites is 1. The molecule has 0 aromatic heterocycles. The van der Waals surface area contributed by atoms with Crippen molar-refractivity contribution in [3.63, 3.8) is 0 Å². The summed E-state index contributed by atoms with van der Waals surface area (Å²) in [6.07, 6.45) is -0.137. The van der Waals surface area contributed by atoms with Crippen LogP contribution in [0, 0.1) is 0 Å². The first-order valence-electron chi connectivity index (χ1n) is 5.32. The number of amidine groups is 1. The van der Waals surface area contributed by atoms with Gasteiger partial charge >= 0.3 is 6.03 Å². The smallest absolute Gasteiger partial charge is 0.327 e. The van der Waals surface area contributed by atoms with Gasteiger partial charge in [-0.1, -0.05) is 18.2 Å². The van der Waals surface area contributed by atoms with Crippen LogP contribution in [0.15, 0.2) is 35.3 Å². The summed E-state index contributed by atoms with van der Waals surface area (Å²) in [5.41, 5.74) is 6.13. The maximum absolute atomic E-state index is 11.5. The van der Waals surface area contributed by atoms with Gasteiger partial charge in [-0.2, -0.15) is 0 Å². The van der Waals surface area contributed by atoms with Crippen LogP contribution in [-0.4, -0.2) is 31.2 Å². The molecule has 0 spiro atoms. The Balaban J connectivity index is 1.83. The zero-order valence-corrected chi connectivity index (χ0v) is 9.22. The van der Waals surface area contributed by atoms with Gasteiger partial charge in [-0.25, -0.2) is 9.79 Å². The van der Waals surface area contributed by atoms with Crippen LogP contribution in [0.1, 0.15) is 0 Å². The highest BCUT2D eigenvalue weighted by Crippen LogP contribution is 2.05. The number of rotatable bonds is 2. The average Bonchev–Trinajstić information content (AvgIpc) is 2.78. The van der Waals surface area contributed by atoms with Gasteiger partial charge in [0.1, 0.15) is 6.10 Å². The van der Waals surface area contributed by atoms with Crippen molar-refractivity contribution < 1.29 is 9.53 Å². The molecule has 0 radical (unpaired) electrons. The molecule has 1 aromatic rings. The van der Waals surface area contributed by atoms with Gasteiger partial charge in [0.15, 0.2) is 0 Å². The highest BCUT2D eigenvalue weighted by atomic mass is 16.5. The lowest BCUT2D eigenvalue weighted by Crippen LogP contribution is -2.36.